The van der Waals surface area contributed by atoms with Gasteiger partial charge in [0.15, 0.2) is 0 Å². The molecule has 2 heteroatoms. The largest absolute Gasteiger partial charge is 0.469 e. The predicted molar refractivity (Wildman–Crippen MR) is 91.4 cm³/mol. The third-order valence-corrected chi connectivity index (χ3v) is 3.57. The first-order valence-corrected chi connectivity index (χ1v) is 8.69. The van der Waals surface area contributed by atoms with Crippen LogP contribution in [0.1, 0.15) is 84.0 Å². The fraction of sp³-hybridized carbons (Fsp3) is 0.737. The minimum absolute atomic E-state index is 0.0763. The van der Waals surface area contributed by atoms with Crippen LogP contribution in [0.25, 0.3) is 0 Å². The lowest BCUT2D eigenvalue weighted by molar-refractivity contribution is -0.140. The van der Waals surface area contributed by atoms with Crippen molar-refractivity contribution in [1.82, 2.24) is 0 Å². The molecule has 0 aliphatic rings. The molecule has 0 spiro atoms. The molecule has 0 amide bonds. The molecule has 0 aliphatic heterocycles. The van der Waals surface area contributed by atoms with Gasteiger partial charge in [-0.05, 0) is 25.7 Å². The summed E-state index contributed by atoms with van der Waals surface area (Å²) in [6, 6.07) is 0. The van der Waals surface area contributed by atoms with Crippen LogP contribution in [0.3, 0.4) is 0 Å². The van der Waals surface area contributed by atoms with E-state index in [0.29, 0.717) is 6.42 Å². The summed E-state index contributed by atoms with van der Waals surface area (Å²) in [4.78, 5) is 10.9. The number of ether oxygens (including phenoxy) is 1. The van der Waals surface area contributed by atoms with Crippen molar-refractivity contribution in [1.29, 1.82) is 0 Å². The Morgan fingerprint density at radius 1 is 0.810 bits per heavy atom. The second-order valence-corrected chi connectivity index (χ2v) is 5.59. The van der Waals surface area contributed by atoms with E-state index in [1.807, 2.05) is 0 Å². The summed E-state index contributed by atoms with van der Waals surface area (Å²) >= 11 is 0. The van der Waals surface area contributed by atoms with Gasteiger partial charge in [-0.3, -0.25) is 4.79 Å². The van der Waals surface area contributed by atoms with Crippen molar-refractivity contribution in [3.63, 3.8) is 0 Å². The molecule has 0 atom stereocenters. The molecule has 0 radical (unpaired) electrons. The van der Waals surface area contributed by atoms with Crippen LogP contribution in [-0.2, 0) is 9.53 Å². The van der Waals surface area contributed by atoms with Crippen LogP contribution in [0.4, 0.5) is 0 Å². The maximum atomic E-state index is 10.9. The first kappa shape index (κ1) is 19.9. The second-order valence-electron chi connectivity index (χ2n) is 5.59. The van der Waals surface area contributed by atoms with E-state index in [1.165, 1.54) is 64.9 Å². The Labute approximate surface area is 131 Å². The Hall–Kier alpha value is -1.05. The van der Waals surface area contributed by atoms with Gasteiger partial charge in [-0.25, -0.2) is 0 Å². The fourth-order valence-corrected chi connectivity index (χ4v) is 2.21. The minimum atomic E-state index is -0.0763. The van der Waals surface area contributed by atoms with Gasteiger partial charge in [-0.1, -0.05) is 76.2 Å². The first-order valence-electron chi connectivity index (χ1n) is 8.69. The van der Waals surface area contributed by atoms with Crippen LogP contribution in [0, 0.1) is 0 Å². The average Bonchev–Trinajstić information content (AvgIpc) is 2.50. The monoisotopic (exact) mass is 294 g/mol. The van der Waals surface area contributed by atoms with E-state index in [-0.39, 0.29) is 5.97 Å². The SMILES string of the molecule is CCCC=CC=CCCCCCCCCCCC(=O)OC. The number of carbonyl (C=O) groups is 1. The maximum absolute atomic E-state index is 10.9. The van der Waals surface area contributed by atoms with E-state index in [2.05, 4.69) is 36.0 Å². The summed E-state index contributed by atoms with van der Waals surface area (Å²) in [6.07, 6.45) is 23.0. The zero-order valence-corrected chi connectivity index (χ0v) is 14.1. The highest BCUT2D eigenvalue weighted by Crippen LogP contribution is 2.11. The summed E-state index contributed by atoms with van der Waals surface area (Å²) in [5.74, 6) is -0.0763. The average molecular weight is 294 g/mol. The molecule has 0 aliphatic carbocycles. The van der Waals surface area contributed by atoms with Gasteiger partial charge in [0.25, 0.3) is 0 Å². The van der Waals surface area contributed by atoms with Crippen molar-refractivity contribution in [3.8, 4) is 0 Å². The van der Waals surface area contributed by atoms with Gasteiger partial charge in [0, 0.05) is 6.42 Å². The first-order chi connectivity index (χ1) is 10.3. The van der Waals surface area contributed by atoms with Crippen LogP contribution < -0.4 is 0 Å². The van der Waals surface area contributed by atoms with E-state index in [9.17, 15) is 4.79 Å². The Balaban J connectivity index is 3.14. The number of allylic oxidation sites excluding steroid dienone is 4. The molecule has 0 bridgehead atoms. The third-order valence-electron chi connectivity index (χ3n) is 3.57. The van der Waals surface area contributed by atoms with Crippen LogP contribution >= 0.6 is 0 Å². The Kier molecular flexibility index (Phi) is 16.2. The molecule has 0 unspecified atom stereocenters. The molecule has 0 rings (SSSR count). The van der Waals surface area contributed by atoms with Gasteiger partial charge in [-0.15, -0.1) is 0 Å². The summed E-state index contributed by atoms with van der Waals surface area (Å²) in [7, 11) is 1.46. The summed E-state index contributed by atoms with van der Waals surface area (Å²) in [5.41, 5.74) is 0. The number of methoxy groups -OCH3 is 1. The van der Waals surface area contributed by atoms with Gasteiger partial charge in [0.05, 0.1) is 7.11 Å². The summed E-state index contributed by atoms with van der Waals surface area (Å²) in [5, 5.41) is 0. The van der Waals surface area contributed by atoms with Crippen molar-refractivity contribution in [2.75, 3.05) is 7.11 Å². The number of unbranched alkanes of at least 4 members (excludes halogenated alkanes) is 9. The van der Waals surface area contributed by atoms with Crippen molar-refractivity contribution >= 4 is 5.97 Å². The highest BCUT2D eigenvalue weighted by atomic mass is 16.5. The van der Waals surface area contributed by atoms with Gasteiger partial charge in [-0.2, -0.15) is 0 Å². The van der Waals surface area contributed by atoms with Crippen LogP contribution in [0.15, 0.2) is 24.3 Å². The second kappa shape index (κ2) is 17.0. The fourth-order valence-electron chi connectivity index (χ4n) is 2.21. The lowest BCUT2D eigenvalue weighted by Gasteiger charge is -2.01. The van der Waals surface area contributed by atoms with E-state index in [1.54, 1.807) is 0 Å². The Morgan fingerprint density at radius 2 is 1.33 bits per heavy atom. The molecule has 0 aromatic heterocycles. The number of esters is 1. The molecule has 0 aromatic carbocycles. The van der Waals surface area contributed by atoms with E-state index < -0.39 is 0 Å². The third kappa shape index (κ3) is 16.9. The van der Waals surface area contributed by atoms with Crippen molar-refractivity contribution in [3.05, 3.63) is 24.3 Å². The zero-order chi connectivity index (χ0) is 15.6. The van der Waals surface area contributed by atoms with Gasteiger partial charge in [0.1, 0.15) is 0 Å². The van der Waals surface area contributed by atoms with Crippen LogP contribution in [0.2, 0.25) is 0 Å². The molecule has 21 heavy (non-hydrogen) atoms. The number of carbonyl (C=O) groups excluding carboxylic acids is 1. The minimum Gasteiger partial charge on any atom is -0.469 e. The normalized spacial score (nSPS) is 11.5. The van der Waals surface area contributed by atoms with Gasteiger partial charge < -0.3 is 4.74 Å². The van der Waals surface area contributed by atoms with Crippen LogP contribution in [-0.4, -0.2) is 13.1 Å². The highest BCUT2D eigenvalue weighted by Gasteiger charge is 1.98. The standard InChI is InChI=1S/C19H34O2/c1-3-4-5-6-7-8-9-10-11-12-13-14-15-16-17-18-19(20)21-2/h5-8H,3-4,9-18H2,1-2H3. The molecular formula is C19H34O2. The quantitative estimate of drug-likeness (QED) is 0.224. The lowest BCUT2D eigenvalue weighted by Crippen LogP contribution is -1.99. The molecule has 0 saturated heterocycles. The Bertz CT molecular complexity index is 279. The lowest BCUT2D eigenvalue weighted by atomic mass is 10.1. The van der Waals surface area contributed by atoms with E-state index in [0.717, 1.165) is 12.8 Å². The molecular weight excluding hydrogens is 260 g/mol. The Morgan fingerprint density at radius 3 is 1.90 bits per heavy atom. The molecule has 0 saturated carbocycles. The number of hydrogen-bond acceptors (Lipinski definition) is 2. The topological polar surface area (TPSA) is 26.3 Å². The predicted octanol–water partition coefficient (Wildman–Crippen LogP) is 5.97. The molecule has 0 aromatic rings. The van der Waals surface area contributed by atoms with Crippen molar-refractivity contribution < 1.29 is 9.53 Å². The van der Waals surface area contributed by atoms with Crippen molar-refractivity contribution in [2.24, 2.45) is 0 Å². The summed E-state index contributed by atoms with van der Waals surface area (Å²) in [6.45, 7) is 2.20. The van der Waals surface area contributed by atoms with Gasteiger partial charge in [0.2, 0.25) is 0 Å². The molecule has 0 N–H and O–H groups in total. The van der Waals surface area contributed by atoms with Gasteiger partial charge >= 0.3 is 5.97 Å². The van der Waals surface area contributed by atoms with E-state index in [4.69, 9.17) is 0 Å². The number of hydrogen-bond donors (Lipinski definition) is 0. The van der Waals surface area contributed by atoms with Crippen molar-refractivity contribution in [2.45, 2.75) is 84.0 Å². The molecule has 0 fully saturated rings. The van der Waals surface area contributed by atoms with E-state index >= 15 is 0 Å². The zero-order valence-electron chi connectivity index (χ0n) is 14.1. The highest BCUT2D eigenvalue weighted by molar-refractivity contribution is 5.68. The maximum Gasteiger partial charge on any atom is 0.305 e. The molecule has 2 nitrogen and oxygen atoms in total. The van der Waals surface area contributed by atoms with Crippen LogP contribution in [0.5, 0.6) is 0 Å². The smallest absolute Gasteiger partial charge is 0.305 e. The molecule has 0 heterocycles. The molecule has 122 valence electrons. The summed E-state index contributed by atoms with van der Waals surface area (Å²) < 4.78 is 4.62. The number of rotatable bonds is 14.